The Bertz CT molecular complexity index is 988. The smallest absolute Gasteiger partial charge is 0.343 e. The van der Waals surface area contributed by atoms with Gasteiger partial charge in [0, 0.05) is 12.5 Å². The van der Waals surface area contributed by atoms with Crippen molar-refractivity contribution in [1.29, 1.82) is 0 Å². The molecule has 2 aromatic carbocycles. The van der Waals surface area contributed by atoms with Gasteiger partial charge >= 0.3 is 5.97 Å². The maximum Gasteiger partial charge on any atom is 0.343 e. The average Bonchev–Trinajstić information content (AvgIpc) is 3.27. The van der Waals surface area contributed by atoms with Gasteiger partial charge in [0.1, 0.15) is 5.76 Å². The normalized spacial score (nSPS) is 18.9. The molecule has 8 heteroatoms. The highest BCUT2D eigenvalue weighted by molar-refractivity contribution is 5.91. The molecule has 1 fully saturated rings. The summed E-state index contributed by atoms with van der Waals surface area (Å²) in [6.45, 7) is 1.10. The Morgan fingerprint density at radius 2 is 1.40 bits per heavy atom. The molecule has 0 saturated carbocycles. The zero-order valence-corrected chi connectivity index (χ0v) is 21.3. The van der Waals surface area contributed by atoms with Crippen molar-refractivity contribution in [3.8, 4) is 28.7 Å². The van der Waals surface area contributed by atoms with Crippen LogP contribution in [0.25, 0.3) is 0 Å². The fourth-order valence-electron chi connectivity index (χ4n) is 4.48. The van der Waals surface area contributed by atoms with Crippen LogP contribution in [-0.2, 0) is 4.74 Å². The van der Waals surface area contributed by atoms with Gasteiger partial charge in [-0.2, -0.15) is 0 Å². The van der Waals surface area contributed by atoms with E-state index in [0.29, 0.717) is 34.8 Å². The molecular weight excluding hydrogens is 450 g/mol. The number of hydrogen-bond donors (Lipinski definition) is 0. The van der Waals surface area contributed by atoms with Crippen LogP contribution < -0.4 is 23.7 Å². The van der Waals surface area contributed by atoms with E-state index in [4.69, 9.17) is 28.4 Å². The van der Waals surface area contributed by atoms with E-state index in [2.05, 4.69) is 18.0 Å². The molecular formula is C27H35NO7. The number of carbonyl (C=O) groups is 1. The Morgan fingerprint density at radius 1 is 0.829 bits per heavy atom. The summed E-state index contributed by atoms with van der Waals surface area (Å²) in [6, 6.07) is 11.1. The number of fused-ring (bicyclic) bond motifs is 1. The predicted molar refractivity (Wildman–Crippen MR) is 133 cm³/mol. The number of nitrogens with zero attached hydrogens (tertiary/aromatic N) is 1. The SMILES string of the molecule is COc1cc(C(=O)OC2=CC3C(CC2)CCN3C)cc(OC)c1OC.COc1ccccc1OC. The van der Waals surface area contributed by atoms with Crippen LogP contribution in [0.5, 0.6) is 28.7 Å². The third kappa shape index (κ3) is 6.19. The van der Waals surface area contributed by atoms with Gasteiger partial charge < -0.3 is 28.4 Å². The van der Waals surface area contributed by atoms with Crippen LogP contribution in [0, 0.1) is 5.92 Å². The van der Waals surface area contributed by atoms with Gasteiger partial charge in [-0.3, -0.25) is 4.90 Å². The fourth-order valence-corrected chi connectivity index (χ4v) is 4.48. The third-order valence-electron chi connectivity index (χ3n) is 6.38. The zero-order chi connectivity index (χ0) is 25.4. The van der Waals surface area contributed by atoms with Gasteiger partial charge in [0.05, 0.1) is 41.1 Å². The van der Waals surface area contributed by atoms with Crippen LogP contribution in [0.4, 0.5) is 0 Å². The molecule has 190 valence electrons. The minimum absolute atomic E-state index is 0.372. The van der Waals surface area contributed by atoms with Gasteiger partial charge in [-0.05, 0) is 62.7 Å². The maximum absolute atomic E-state index is 12.6. The lowest BCUT2D eigenvalue weighted by atomic mass is 9.89. The Morgan fingerprint density at radius 3 is 1.91 bits per heavy atom. The van der Waals surface area contributed by atoms with E-state index in [0.717, 1.165) is 36.6 Å². The zero-order valence-electron chi connectivity index (χ0n) is 21.3. The first-order valence-electron chi connectivity index (χ1n) is 11.6. The number of likely N-dealkylation sites (tertiary alicyclic amines) is 1. The summed E-state index contributed by atoms with van der Waals surface area (Å²) in [5.74, 6) is 3.86. The average molecular weight is 486 g/mol. The largest absolute Gasteiger partial charge is 0.493 e. The summed E-state index contributed by atoms with van der Waals surface area (Å²) in [4.78, 5) is 14.9. The number of likely N-dealkylation sites (N-methyl/N-ethyl adjacent to an activating group) is 1. The molecule has 2 aromatic rings. The summed E-state index contributed by atoms with van der Waals surface area (Å²) in [5.41, 5.74) is 0.373. The summed E-state index contributed by atoms with van der Waals surface area (Å²) in [5, 5.41) is 0. The number of esters is 1. The molecule has 0 aromatic heterocycles. The van der Waals surface area contributed by atoms with Gasteiger partial charge in [0.15, 0.2) is 23.0 Å². The molecule has 0 bridgehead atoms. The van der Waals surface area contributed by atoms with Crippen LogP contribution in [-0.4, -0.2) is 66.1 Å². The number of benzene rings is 2. The molecule has 2 atom stereocenters. The number of para-hydroxylation sites is 2. The molecule has 1 aliphatic carbocycles. The predicted octanol–water partition coefficient (Wildman–Crippen LogP) is 4.57. The van der Waals surface area contributed by atoms with E-state index in [1.165, 1.54) is 27.8 Å². The van der Waals surface area contributed by atoms with Crippen LogP contribution in [0.1, 0.15) is 29.6 Å². The molecule has 8 nitrogen and oxygen atoms in total. The Kier molecular flexibility index (Phi) is 9.25. The second-order valence-corrected chi connectivity index (χ2v) is 8.35. The van der Waals surface area contributed by atoms with E-state index < -0.39 is 5.97 Å². The van der Waals surface area contributed by atoms with Crippen molar-refractivity contribution in [1.82, 2.24) is 4.90 Å². The van der Waals surface area contributed by atoms with Crippen molar-refractivity contribution in [2.24, 2.45) is 5.92 Å². The fraction of sp³-hybridized carbons (Fsp3) is 0.444. The van der Waals surface area contributed by atoms with Gasteiger partial charge in [-0.25, -0.2) is 4.79 Å². The molecule has 2 unspecified atom stereocenters. The van der Waals surface area contributed by atoms with Crippen molar-refractivity contribution in [3.05, 3.63) is 53.8 Å². The van der Waals surface area contributed by atoms with Crippen LogP contribution in [0.3, 0.4) is 0 Å². The number of methoxy groups -OCH3 is 5. The highest BCUT2D eigenvalue weighted by atomic mass is 16.5. The molecule has 0 spiro atoms. The maximum atomic E-state index is 12.6. The highest BCUT2D eigenvalue weighted by Crippen LogP contribution is 2.39. The first-order chi connectivity index (χ1) is 16.9. The Hall–Kier alpha value is -3.39. The first kappa shape index (κ1) is 26.2. The lowest BCUT2D eigenvalue weighted by Gasteiger charge is -2.27. The summed E-state index contributed by atoms with van der Waals surface area (Å²) >= 11 is 0. The minimum atomic E-state index is -0.412. The summed E-state index contributed by atoms with van der Waals surface area (Å²) < 4.78 is 31.5. The number of hydrogen-bond acceptors (Lipinski definition) is 8. The van der Waals surface area contributed by atoms with Gasteiger partial charge in [0.25, 0.3) is 0 Å². The highest BCUT2D eigenvalue weighted by Gasteiger charge is 2.34. The summed E-state index contributed by atoms with van der Waals surface area (Å²) in [6.07, 6.45) is 5.16. The van der Waals surface area contributed by atoms with E-state index in [1.54, 1.807) is 26.4 Å². The molecule has 0 N–H and O–H groups in total. The summed E-state index contributed by atoms with van der Waals surface area (Å²) in [7, 11) is 9.93. The van der Waals surface area contributed by atoms with Crippen molar-refractivity contribution in [2.45, 2.75) is 25.3 Å². The Balaban J connectivity index is 0.000000287. The minimum Gasteiger partial charge on any atom is -0.493 e. The number of ether oxygens (including phenoxy) is 6. The van der Waals surface area contributed by atoms with E-state index in [1.807, 2.05) is 24.3 Å². The molecule has 1 aliphatic heterocycles. The Labute approximate surface area is 207 Å². The lowest BCUT2D eigenvalue weighted by molar-refractivity contribution is 0.0597. The first-order valence-corrected chi connectivity index (χ1v) is 11.6. The van der Waals surface area contributed by atoms with Crippen molar-refractivity contribution in [2.75, 3.05) is 49.1 Å². The van der Waals surface area contributed by atoms with Crippen molar-refractivity contribution < 1.29 is 33.2 Å². The van der Waals surface area contributed by atoms with Crippen molar-refractivity contribution in [3.63, 3.8) is 0 Å². The van der Waals surface area contributed by atoms with Crippen LogP contribution in [0.2, 0.25) is 0 Å². The molecule has 35 heavy (non-hydrogen) atoms. The quantitative estimate of drug-likeness (QED) is 0.528. The molecule has 0 radical (unpaired) electrons. The van der Waals surface area contributed by atoms with Crippen molar-refractivity contribution >= 4 is 5.97 Å². The number of carbonyl (C=O) groups excluding carboxylic acids is 1. The molecule has 0 amide bonds. The second-order valence-electron chi connectivity index (χ2n) is 8.35. The second kappa shape index (κ2) is 12.4. The standard InChI is InChI=1S/C19H25NO5.C8H10O2/c1-20-8-7-12-5-6-14(11-15(12)20)25-19(21)13-9-16(22-2)18(24-4)17(10-13)23-3;1-9-7-5-3-4-6-8(7)10-2/h9-12,15H,5-8H2,1-4H3;3-6H,1-2H3. The van der Waals surface area contributed by atoms with Crippen LogP contribution >= 0.6 is 0 Å². The molecule has 2 aliphatic rings. The van der Waals surface area contributed by atoms with E-state index in [-0.39, 0.29) is 0 Å². The van der Waals surface area contributed by atoms with E-state index in [9.17, 15) is 4.79 Å². The molecule has 1 saturated heterocycles. The topological polar surface area (TPSA) is 75.7 Å². The van der Waals surface area contributed by atoms with E-state index >= 15 is 0 Å². The van der Waals surface area contributed by atoms with Gasteiger partial charge in [0.2, 0.25) is 5.75 Å². The third-order valence-corrected chi connectivity index (χ3v) is 6.38. The van der Waals surface area contributed by atoms with Gasteiger partial charge in [-0.15, -0.1) is 0 Å². The molecule has 1 heterocycles. The number of allylic oxidation sites excluding steroid dienone is 1. The number of rotatable bonds is 7. The van der Waals surface area contributed by atoms with Crippen LogP contribution in [0.15, 0.2) is 48.2 Å². The van der Waals surface area contributed by atoms with Gasteiger partial charge in [-0.1, -0.05) is 12.1 Å². The monoisotopic (exact) mass is 485 g/mol. The molecule has 4 rings (SSSR count). The lowest BCUT2D eigenvalue weighted by Crippen LogP contribution is -2.30.